The van der Waals surface area contributed by atoms with E-state index in [1.165, 1.54) is 0 Å². The summed E-state index contributed by atoms with van der Waals surface area (Å²) in [6, 6.07) is 7.03. The van der Waals surface area contributed by atoms with Gasteiger partial charge in [-0.1, -0.05) is 12.1 Å². The van der Waals surface area contributed by atoms with Crippen LogP contribution in [0.2, 0.25) is 0 Å². The lowest BCUT2D eigenvalue weighted by Crippen LogP contribution is -2.53. The van der Waals surface area contributed by atoms with Gasteiger partial charge in [0.1, 0.15) is 6.04 Å². The summed E-state index contributed by atoms with van der Waals surface area (Å²) in [6.07, 6.45) is 4.32. The Hall–Kier alpha value is -2.06. The van der Waals surface area contributed by atoms with E-state index in [1.807, 2.05) is 30.5 Å². The minimum Gasteiger partial charge on any atom is -0.368 e. The van der Waals surface area contributed by atoms with Crippen LogP contribution in [0.3, 0.4) is 0 Å². The molecule has 3 N–H and O–H groups in total. The van der Waals surface area contributed by atoms with E-state index in [-0.39, 0.29) is 24.9 Å². The van der Waals surface area contributed by atoms with Gasteiger partial charge in [-0.3, -0.25) is 19.3 Å². The topological polar surface area (TPSA) is 95.7 Å². The number of benzene rings is 1. The number of carbonyl (C=O) groups is 3. The van der Waals surface area contributed by atoms with E-state index in [0.29, 0.717) is 13.0 Å². The van der Waals surface area contributed by atoms with E-state index in [0.717, 1.165) is 23.4 Å². The number of nitrogens with one attached hydrogen (secondary N) is 1. The highest BCUT2D eigenvalue weighted by atomic mass is 32.2. The molecule has 26 heavy (non-hydrogen) atoms. The van der Waals surface area contributed by atoms with E-state index >= 15 is 0 Å². The van der Waals surface area contributed by atoms with Crippen molar-refractivity contribution < 1.29 is 14.4 Å². The molecule has 0 radical (unpaired) electrons. The largest absolute Gasteiger partial charge is 0.368 e. The van der Waals surface area contributed by atoms with E-state index < -0.39 is 11.9 Å². The fourth-order valence-corrected chi connectivity index (χ4v) is 3.64. The highest BCUT2D eigenvalue weighted by molar-refractivity contribution is 7.98. The number of nitrogens with two attached hydrogens (primary N) is 1. The second-order valence-corrected chi connectivity index (χ2v) is 7.27. The number of likely N-dealkylation sites (N-methyl/N-ethyl adjacent to an activating group) is 1. The first-order valence-electron chi connectivity index (χ1n) is 8.62. The molecule has 1 atom stereocenters. The zero-order valence-corrected chi connectivity index (χ0v) is 16.1. The van der Waals surface area contributed by atoms with E-state index in [9.17, 15) is 14.4 Å². The lowest BCUT2D eigenvalue weighted by molar-refractivity contribution is -0.141. The van der Waals surface area contributed by atoms with Crippen LogP contribution in [-0.4, -0.2) is 66.5 Å². The summed E-state index contributed by atoms with van der Waals surface area (Å²) in [4.78, 5) is 40.5. The molecule has 0 unspecified atom stereocenters. The molecule has 1 aromatic rings. The van der Waals surface area contributed by atoms with Gasteiger partial charge in [0, 0.05) is 11.4 Å². The summed E-state index contributed by atoms with van der Waals surface area (Å²) in [7, 11) is 1.71. The van der Waals surface area contributed by atoms with Crippen LogP contribution >= 0.6 is 11.8 Å². The number of amides is 3. The molecular weight excluding hydrogens is 352 g/mol. The molecule has 1 fully saturated rings. The summed E-state index contributed by atoms with van der Waals surface area (Å²) in [5.74, 6) is -0.827. The average molecular weight is 378 g/mol. The van der Waals surface area contributed by atoms with Crippen LogP contribution < -0.4 is 11.1 Å². The Morgan fingerprint density at radius 3 is 2.69 bits per heavy atom. The molecule has 2 rings (SSSR count). The van der Waals surface area contributed by atoms with Crippen LogP contribution in [0.15, 0.2) is 29.2 Å². The maximum atomic E-state index is 12.5. The first-order valence-corrected chi connectivity index (χ1v) is 9.85. The van der Waals surface area contributed by atoms with Gasteiger partial charge in [0.15, 0.2) is 0 Å². The number of thioether (sulfide) groups is 1. The Labute approximate surface area is 158 Å². The van der Waals surface area contributed by atoms with Crippen molar-refractivity contribution in [2.45, 2.75) is 30.2 Å². The summed E-state index contributed by atoms with van der Waals surface area (Å²) < 4.78 is 0. The molecule has 0 spiro atoms. The smallest absolute Gasteiger partial charge is 0.240 e. The third-order valence-corrected chi connectivity index (χ3v) is 5.15. The molecule has 142 valence electrons. The minimum atomic E-state index is -0.535. The van der Waals surface area contributed by atoms with Crippen molar-refractivity contribution in [1.82, 2.24) is 9.80 Å². The van der Waals surface area contributed by atoms with Crippen LogP contribution in [0, 0.1) is 0 Å². The van der Waals surface area contributed by atoms with Gasteiger partial charge < -0.3 is 16.0 Å². The zero-order chi connectivity index (χ0) is 19.1. The van der Waals surface area contributed by atoms with Gasteiger partial charge in [0.05, 0.1) is 18.8 Å². The number of likely N-dealkylation sites (tertiary alicyclic amines) is 1. The molecule has 1 heterocycles. The zero-order valence-electron chi connectivity index (χ0n) is 15.2. The number of nitrogens with zero attached hydrogens (tertiary/aromatic N) is 2. The van der Waals surface area contributed by atoms with Crippen molar-refractivity contribution >= 4 is 35.2 Å². The highest BCUT2D eigenvalue weighted by Gasteiger charge is 2.30. The van der Waals surface area contributed by atoms with Crippen molar-refractivity contribution in [2.75, 3.05) is 38.3 Å². The summed E-state index contributed by atoms with van der Waals surface area (Å²) in [5, 5.41) is 2.87. The number of carbonyl (C=O) groups excluding carboxylic acids is 3. The van der Waals surface area contributed by atoms with Gasteiger partial charge in [-0.25, -0.2) is 0 Å². The first-order chi connectivity index (χ1) is 12.4. The molecule has 3 amide bonds. The van der Waals surface area contributed by atoms with Crippen molar-refractivity contribution in [3.05, 3.63) is 24.3 Å². The number of rotatable bonds is 7. The summed E-state index contributed by atoms with van der Waals surface area (Å²) in [5.41, 5.74) is 6.17. The van der Waals surface area contributed by atoms with Crippen molar-refractivity contribution in [3.63, 3.8) is 0 Å². The van der Waals surface area contributed by atoms with Crippen molar-refractivity contribution in [3.8, 4) is 0 Å². The standard InChI is InChI=1S/C18H26N4O3S/c1-21(11-16(23)20-13-7-3-4-9-15(13)26-2)12-17(24)22-10-6-5-8-14(22)18(19)25/h3-4,7,9,14H,5-6,8,10-12H2,1-2H3,(H2,19,25)(H,20,23)/t14-/m1/s1. The third-order valence-electron chi connectivity index (χ3n) is 4.35. The molecule has 0 aromatic heterocycles. The molecule has 1 aliphatic heterocycles. The predicted molar refractivity (Wildman–Crippen MR) is 103 cm³/mol. The van der Waals surface area contributed by atoms with Crippen LogP contribution in [-0.2, 0) is 14.4 Å². The molecular formula is C18H26N4O3S. The number of para-hydroxylation sites is 1. The van der Waals surface area contributed by atoms with Gasteiger partial charge >= 0.3 is 0 Å². The number of piperidine rings is 1. The molecule has 0 saturated carbocycles. The lowest BCUT2D eigenvalue weighted by Gasteiger charge is -2.34. The third kappa shape index (κ3) is 5.47. The Balaban J connectivity index is 1.88. The molecule has 1 saturated heterocycles. The number of hydrogen-bond acceptors (Lipinski definition) is 5. The molecule has 0 aliphatic carbocycles. The van der Waals surface area contributed by atoms with E-state index in [2.05, 4.69) is 5.32 Å². The number of anilines is 1. The van der Waals surface area contributed by atoms with Gasteiger partial charge in [-0.05, 0) is 44.7 Å². The van der Waals surface area contributed by atoms with Gasteiger partial charge in [-0.15, -0.1) is 11.8 Å². The second kappa shape index (κ2) is 9.59. The molecule has 8 heteroatoms. The maximum absolute atomic E-state index is 12.5. The fraction of sp³-hybridized carbons (Fsp3) is 0.500. The number of primary amides is 1. The van der Waals surface area contributed by atoms with Crippen LogP contribution in [0.25, 0.3) is 0 Å². The number of hydrogen-bond donors (Lipinski definition) is 2. The Morgan fingerprint density at radius 2 is 2.00 bits per heavy atom. The van der Waals surface area contributed by atoms with Gasteiger partial charge in [0.25, 0.3) is 0 Å². The minimum absolute atomic E-state index is 0.0708. The normalized spacial score (nSPS) is 17.2. The Bertz CT molecular complexity index is 668. The summed E-state index contributed by atoms with van der Waals surface area (Å²) in [6.45, 7) is 0.693. The monoisotopic (exact) mass is 378 g/mol. The van der Waals surface area contributed by atoms with E-state index in [4.69, 9.17) is 5.73 Å². The highest BCUT2D eigenvalue weighted by Crippen LogP contribution is 2.24. The SMILES string of the molecule is CSc1ccccc1NC(=O)CN(C)CC(=O)N1CCCC[C@@H]1C(N)=O. The Kier molecular flexibility index (Phi) is 7.47. The average Bonchev–Trinajstić information content (AvgIpc) is 2.61. The summed E-state index contributed by atoms with van der Waals surface area (Å²) >= 11 is 1.56. The van der Waals surface area contributed by atoms with Gasteiger partial charge in [0.2, 0.25) is 17.7 Å². The molecule has 0 bridgehead atoms. The quantitative estimate of drug-likeness (QED) is 0.694. The van der Waals surface area contributed by atoms with Crippen molar-refractivity contribution in [2.24, 2.45) is 5.73 Å². The predicted octanol–water partition coefficient (Wildman–Crippen LogP) is 1.15. The van der Waals surface area contributed by atoms with E-state index in [1.54, 1.807) is 28.6 Å². The maximum Gasteiger partial charge on any atom is 0.240 e. The Morgan fingerprint density at radius 1 is 1.27 bits per heavy atom. The van der Waals surface area contributed by atoms with Crippen molar-refractivity contribution in [1.29, 1.82) is 0 Å². The molecule has 1 aromatic carbocycles. The molecule has 1 aliphatic rings. The molecule has 7 nitrogen and oxygen atoms in total. The lowest BCUT2D eigenvalue weighted by atomic mass is 10.0. The first kappa shape index (κ1) is 20.3. The fourth-order valence-electron chi connectivity index (χ4n) is 3.09. The van der Waals surface area contributed by atoms with Gasteiger partial charge in [-0.2, -0.15) is 0 Å². The van der Waals surface area contributed by atoms with Crippen LogP contribution in [0.4, 0.5) is 5.69 Å². The van der Waals surface area contributed by atoms with Crippen LogP contribution in [0.1, 0.15) is 19.3 Å². The second-order valence-electron chi connectivity index (χ2n) is 6.42. The van der Waals surface area contributed by atoms with Crippen LogP contribution in [0.5, 0.6) is 0 Å².